The highest BCUT2D eigenvalue weighted by Gasteiger charge is 2.85. The highest BCUT2D eigenvalue weighted by atomic mass is 33.1. The molecule has 0 bridgehead atoms. The molecule has 21 heteroatoms. The average molecular weight is 996 g/mol. The van der Waals surface area contributed by atoms with Crippen molar-refractivity contribution in [2.24, 2.45) is 17.3 Å². The number of hydrogen-bond donors (Lipinski definition) is 0. The van der Waals surface area contributed by atoms with E-state index in [2.05, 4.69) is 56.2 Å². The smallest absolute Gasteiger partial charge is 0.410 e. The highest BCUT2D eigenvalue weighted by Crippen LogP contribution is 2.62. The zero-order chi connectivity index (χ0) is 47.8. The maximum absolute atomic E-state index is 13.9. The molecule has 65 heavy (non-hydrogen) atoms. The minimum atomic E-state index is -6.77. The average Bonchev–Trinajstić information content (AvgIpc) is 3.55. The summed E-state index contributed by atoms with van der Waals surface area (Å²) < 4.78 is 150. The summed E-state index contributed by atoms with van der Waals surface area (Å²) in [6, 6.07) is 8.56. The second-order valence-electron chi connectivity index (χ2n) is 18.1. The minimum Gasteiger partial charge on any atom is -0.410 e. The Hall–Kier alpha value is -1.72. The van der Waals surface area contributed by atoms with Gasteiger partial charge in [0.1, 0.15) is 20.4 Å². The summed E-state index contributed by atoms with van der Waals surface area (Å²) in [6.45, 7) is 10.2. The van der Waals surface area contributed by atoms with Gasteiger partial charge in [0.15, 0.2) is 0 Å². The normalized spacial score (nSPS) is 25.6. The van der Waals surface area contributed by atoms with Crippen molar-refractivity contribution < 1.29 is 67.8 Å². The number of amides is 1. The lowest BCUT2D eigenvalue weighted by atomic mass is 9.55. The first kappa shape index (κ1) is 54.2. The number of aryl methyl sites for hydroxylation is 1. The van der Waals surface area contributed by atoms with Crippen LogP contribution >= 0.6 is 29.9 Å². The number of halogens is 9. The van der Waals surface area contributed by atoms with Crippen molar-refractivity contribution in [3.63, 3.8) is 0 Å². The van der Waals surface area contributed by atoms with E-state index in [9.17, 15) is 44.3 Å². The van der Waals surface area contributed by atoms with Crippen LogP contribution < -0.4 is 4.74 Å². The third-order valence-electron chi connectivity index (χ3n) is 13.4. The van der Waals surface area contributed by atoms with Crippen LogP contribution in [0.25, 0.3) is 0 Å². The minimum absolute atomic E-state index is 0.0433. The van der Waals surface area contributed by atoms with Crippen molar-refractivity contribution in [3.05, 3.63) is 29.3 Å². The van der Waals surface area contributed by atoms with Crippen LogP contribution in [0, 0.1) is 28.6 Å². The number of ether oxygens (including phenoxy) is 4. The van der Waals surface area contributed by atoms with Gasteiger partial charge in [-0.1, -0.05) is 34.6 Å². The number of hydrogen-bond acceptors (Lipinski definition) is 10. The first-order valence-corrected chi connectivity index (χ1v) is 26.4. The second kappa shape index (κ2) is 23.3. The summed E-state index contributed by atoms with van der Waals surface area (Å²) >= 11 is 0. The fourth-order valence-electron chi connectivity index (χ4n) is 10.5. The van der Waals surface area contributed by atoms with E-state index in [0.717, 1.165) is 68.4 Å². The van der Waals surface area contributed by atoms with Crippen LogP contribution in [0.5, 0.6) is 5.75 Å². The van der Waals surface area contributed by atoms with Crippen molar-refractivity contribution in [2.45, 2.75) is 160 Å². The molecule has 2 saturated carbocycles. The zero-order valence-electron chi connectivity index (χ0n) is 37.7. The number of nitrogens with zero attached hydrogens (tertiary/aromatic N) is 3. The lowest BCUT2D eigenvalue weighted by molar-refractivity contribution is -0.457. The van der Waals surface area contributed by atoms with Crippen LogP contribution in [0.4, 0.5) is 44.3 Å². The van der Waals surface area contributed by atoms with Gasteiger partial charge in [-0.3, -0.25) is 4.67 Å². The standard InChI is InChI=1S/C44H63F9N3O6PS2/c1-29(2)56(30(3)4)63(61-24-8-19-54)28-58-21-7-6-20-55(32-17-25-64-65-27-32)39(57)62-33-11-13-34-31(26-33)10-12-36-35(34)16-18-40(5)37(36)14-15-38(40)59-22-9-23-60-41(42(45,46)47,43(48,49)50)44(51,52)53/h11,13,26,29-30,32,35-38H,6-10,12,14-18,20-25,27-28H2,1-5H3. The van der Waals surface area contributed by atoms with E-state index < -0.39 is 45.5 Å². The Morgan fingerprint density at radius 3 is 2.23 bits per heavy atom. The van der Waals surface area contributed by atoms with Crippen molar-refractivity contribution >= 4 is 36.0 Å². The zero-order valence-corrected chi connectivity index (χ0v) is 40.2. The molecule has 9 nitrogen and oxygen atoms in total. The maximum atomic E-state index is 13.9. The van der Waals surface area contributed by atoms with Crippen LogP contribution in [-0.2, 0) is 25.2 Å². The third-order valence-corrected chi connectivity index (χ3v) is 18.2. The van der Waals surface area contributed by atoms with Gasteiger partial charge in [0.25, 0.3) is 0 Å². The fraction of sp³-hybridized carbons (Fsp3) is 0.818. The van der Waals surface area contributed by atoms with E-state index in [1.807, 2.05) is 17.0 Å². The molecule has 1 aliphatic heterocycles. The summed E-state index contributed by atoms with van der Waals surface area (Å²) in [5.41, 5.74) is -4.29. The molecule has 1 saturated heterocycles. The van der Waals surface area contributed by atoms with Crippen LogP contribution in [-0.4, -0.2) is 115 Å². The number of rotatable bonds is 21. The van der Waals surface area contributed by atoms with E-state index >= 15 is 0 Å². The predicted molar refractivity (Wildman–Crippen MR) is 234 cm³/mol. The largest absolute Gasteiger partial charge is 0.435 e. The molecule has 1 amide bonds. The Kier molecular flexibility index (Phi) is 19.4. The van der Waals surface area contributed by atoms with Crippen molar-refractivity contribution in [1.29, 1.82) is 5.26 Å². The molecule has 1 aromatic rings. The Morgan fingerprint density at radius 1 is 0.892 bits per heavy atom. The Bertz CT molecular complexity index is 1690. The fourth-order valence-corrected chi connectivity index (χ4v) is 14.9. The SMILES string of the molecule is CC(C)N(C(C)C)P(COCCCCN(C(=O)Oc1ccc2c(c1)CCC1C2CCC2(C)C(OCCCOC(C(F)(F)F)(C(F)(F)F)C(F)(F)F)CCC12)C1CCSSC1)OCCC#N. The van der Waals surface area contributed by atoms with E-state index in [1.165, 1.54) is 5.56 Å². The molecule has 0 spiro atoms. The lowest BCUT2D eigenvalue weighted by Gasteiger charge is -2.50. The maximum Gasteiger partial charge on any atom is 0.435 e. The predicted octanol–water partition coefficient (Wildman–Crippen LogP) is 12.8. The third kappa shape index (κ3) is 12.7. The number of unbranched alkanes of at least 4 members (excludes halogenated alkanes) is 1. The molecular weight excluding hydrogens is 933 g/mol. The first-order chi connectivity index (χ1) is 30.6. The first-order valence-electron chi connectivity index (χ1n) is 22.5. The molecule has 5 rings (SSSR count). The molecule has 4 aliphatic rings. The van der Waals surface area contributed by atoms with Crippen molar-refractivity contribution in [2.75, 3.05) is 50.8 Å². The molecule has 3 fully saturated rings. The van der Waals surface area contributed by atoms with Crippen LogP contribution in [0.15, 0.2) is 18.2 Å². The van der Waals surface area contributed by atoms with Gasteiger partial charge in [-0.2, -0.15) is 44.8 Å². The monoisotopic (exact) mass is 995 g/mol. The quantitative estimate of drug-likeness (QED) is 0.0513. The number of carbonyl (C=O) groups excluding carboxylic acids is 1. The van der Waals surface area contributed by atoms with Crippen LogP contribution in [0.3, 0.4) is 0 Å². The van der Waals surface area contributed by atoms with E-state index in [-0.39, 0.29) is 54.2 Å². The summed E-state index contributed by atoms with van der Waals surface area (Å²) in [6.07, 6.45) is -13.9. The molecule has 7 atom stereocenters. The van der Waals surface area contributed by atoms with Gasteiger partial charge in [-0.05, 0) is 138 Å². The number of benzene rings is 1. The van der Waals surface area contributed by atoms with E-state index in [1.54, 1.807) is 21.6 Å². The number of fused-ring (bicyclic) bond motifs is 5. The number of alkyl halides is 9. The van der Waals surface area contributed by atoms with E-state index in [0.29, 0.717) is 50.6 Å². The highest BCUT2D eigenvalue weighted by molar-refractivity contribution is 8.76. The van der Waals surface area contributed by atoms with Gasteiger partial charge in [0.2, 0.25) is 0 Å². The molecule has 0 radical (unpaired) electrons. The molecule has 7 unspecified atom stereocenters. The van der Waals surface area contributed by atoms with Crippen LogP contribution in [0.1, 0.15) is 116 Å². The summed E-state index contributed by atoms with van der Waals surface area (Å²) in [4.78, 5) is 15.7. The number of nitriles is 1. The molecule has 0 aromatic heterocycles. The lowest BCUT2D eigenvalue weighted by Crippen LogP contribution is -2.67. The summed E-state index contributed by atoms with van der Waals surface area (Å²) in [7, 11) is 2.52. The van der Waals surface area contributed by atoms with Gasteiger partial charge >= 0.3 is 30.2 Å². The number of carbonyl (C=O) groups is 1. The molecule has 370 valence electrons. The molecule has 1 aromatic carbocycles. The van der Waals surface area contributed by atoms with Crippen LogP contribution in [0.2, 0.25) is 0 Å². The molecule has 1 heterocycles. The van der Waals surface area contributed by atoms with Crippen molar-refractivity contribution in [1.82, 2.24) is 9.57 Å². The Morgan fingerprint density at radius 2 is 1.60 bits per heavy atom. The molecular formula is C44H63F9N3O6PS2. The second-order valence-corrected chi connectivity index (χ2v) is 22.5. The molecule has 0 N–H and O–H groups in total. The summed E-state index contributed by atoms with van der Waals surface area (Å²) in [5, 5.41) is 9.01. The topological polar surface area (TPSA) is 93.5 Å². The summed E-state index contributed by atoms with van der Waals surface area (Å²) in [5.74, 6) is 2.99. The van der Waals surface area contributed by atoms with Gasteiger partial charge in [-0.15, -0.1) is 0 Å². The van der Waals surface area contributed by atoms with Gasteiger partial charge in [0, 0.05) is 49.4 Å². The van der Waals surface area contributed by atoms with Gasteiger partial charge < -0.3 is 28.4 Å². The Labute approximate surface area is 386 Å². The Balaban J connectivity index is 1.13. The van der Waals surface area contributed by atoms with Gasteiger partial charge in [0.05, 0.1) is 31.8 Å². The van der Waals surface area contributed by atoms with E-state index in [4.69, 9.17) is 24.0 Å². The van der Waals surface area contributed by atoms with Gasteiger partial charge in [-0.25, -0.2) is 4.79 Å². The van der Waals surface area contributed by atoms with Crippen molar-refractivity contribution in [3.8, 4) is 11.8 Å². The molecule has 3 aliphatic carbocycles.